The molecule has 0 saturated heterocycles. The summed E-state index contributed by atoms with van der Waals surface area (Å²) in [5.41, 5.74) is 1.57. The zero-order chi connectivity index (χ0) is 15.4. The van der Waals surface area contributed by atoms with Crippen LogP contribution in [-0.4, -0.2) is 47.2 Å². The third-order valence-electron chi connectivity index (χ3n) is 2.99. The number of ether oxygens (including phenoxy) is 2. The van der Waals surface area contributed by atoms with E-state index in [1.165, 1.54) is 26.0 Å². The maximum Gasteiger partial charge on any atom is 0.338 e. The highest BCUT2D eigenvalue weighted by Crippen LogP contribution is 2.38. The second kappa shape index (κ2) is 6.27. The van der Waals surface area contributed by atoms with Crippen molar-refractivity contribution < 1.29 is 19.1 Å². The van der Waals surface area contributed by atoms with Crippen molar-refractivity contribution in [3.05, 3.63) is 17.7 Å². The Kier molecular flexibility index (Phi) is 4.96. The Balaban J connectivity index is 3.57. The average molecular weight is 280 g/mol. The first-order valence-corrected chi connectivity index (χ1v) is 6.05. The molecule has 6 heteroatoms. The number of benzene rings is 1. The molecule has 0 heterocycles. The molecule has 0 bridgehead atoms. The van der Waals surface area contributed by atoms with E-state index in [4.69, 9.17) is 9.47 Å². The number of methoxy groups -OCH3 is 2. The second-order valence-corrected chi connectivity index (χ2v) is 4.51. The van der Waals surface area contributed by atoms with E-state index in [0.29, 0.717) is 22.7 Å². The molecule has 0 spiro atoms. The summed E-state index contributed by atoms with van der Waals surface area (Å²) >= 11 is 0. The van der Waals surface area contributed by atoms with Crippen molar-refractivity contribution in [3.8, 4) is 5.75 Å². The first-order chi connectivity index (χ1) is 9.33. The van der Waals surface area contributed by atoms with Gasteiger partial charge in [0.2, 0.25) is 5.91 Å². The molecule has 1 aromatic carbocycles. The lowest BCUT2D eigenvalue weighted by molar-refractivity contribution is -0.116. The predicted molar refractivity (Wildman–Crippen MR) is 77.7 cm³/mol. The van der Waals surface area contributed by atoms with Gasteiger partial charge < -0.3 is 19.3 Å². The third-order valence-corrected chi connectivity index (χ3v) is 2.99. The summed E-state index contributed by atoms with van der Waals surface area (Å²) in [5.74, 6) is -0.0932. The molecule has 1 aromatic rings. The van der Waals surface area contributed by atoms with E-state index >= 15 is 0 Å². The van der Waals surface area contributed by atoms with E-state index in [1.54, 1.807) is 19.2 Å². The zero-order valence-corrected chi connectivity index (χ0v) is 12.7. The van der Waals surface area contributed by atoms with Gasteiger partial charge in [0.15, 0.2) is 5.75 Å². The van der Waals surface area contributed by atoms with Crippen LogP contribution in [0.5, 0.6) is 5.75 Å². The lowest BCUT2D eigenvalue weighted by Crippen LogP contribution is -2.25. The number of amides is 1. The average Bonchev–Trinajstić information content (AvgIpc) is 2.43. The molecule has 0 aliphatic carbocycles. The van der Waals surface area contributed by atoms with Crippen molar-refractivity contribution in [2.24, 2.45) is 0 Å². The topological polar surface area (TPSA) is 59.1 Å². The molecule has 0 fully saturated rings. The highest BCUT2D eigenvalue weighted by atomic mass is 16.5. The molecule has 0 saturated carbocycles. The van der Waals surface area contributed by atoms with Gasteiger partial charge in [0.05, 0.1) is 31.2 Å². The molecule has 0 atom stereocenters. The Bertz CT molecular complexity index is 526. The van der Waals surface area contributed by atoms with Crippen molar-refractivity contribution in [1.29, 1.82) is 0 Å². The molecule has 0 aliphatic heterocycles. The van der Waals surface area contributed by atoms with Crippen molar-refractivity contribution in [2.75, 3.05) is 45.2 Å². The van der Waals surface area contributed by atoms with Gasteiger partial charge in [0.25, 0.3) is 0 Å². The maximum atomic E-state index is 11.7. The number of hydrogen-bond donors (Lipinski definition) is 0. The summed E-state index contributed by atoms with van der Waals surface area (Å²) in [6, 6.07) is 3.25. The van der Waals surface area contributed by atoms with Crippen LogP contribution in [0.15, 0.2) is 12.1 Å². The van der Waals surface area contributed by atoms with Gasteiger partial charge in [0, 0.05) is 28.1 Å². The molecule has 0 unspecified atom stereocenters. The quantitative estimate of drug-likeness (QED) is 0.783. The van der Waals surface area contributed by atoms with Crippen LogP contribution < -0.4 is 14.5 Å². The van der Waals surface area contributed by atoms with Crippen molar-refractivity contribution in [3.63, 3.8) is 0 Å². The number of anilines is 2. The summed E-state index contributed by atoms with van der Waals surface area (Å²) < 4.78 is 10.1. The molecule has 0 N–H and O–H groups in total. The van der Waals surface area contributed by atoms with Gasteiger partial charge in [-0.1, -0.05) is 0 Å². The van der Waals surface area contributed by atoms with Crippen LogP contribution in [0, 0.1) is 0 Å². The Morgan fingerprint density at radius 3 is 2.00 bits per heavy atom. The van der Waals surface area contributed by atoms with E-state index in [9.17, 15) is 9.59 Å². The maximum absolute atomic E-state index is 11.7. The lowest BCUT2D eigenvalue weighted by atomic mass is 10.1. The zero-order valence-electron chi connectivity index (χ0n) is 12.7. The fraction of sp³-hybridized carbons (Fsp3) is 0.429. The molecule has 0 aromatic heterocycles. The van der Waals surface area contributed by atoms with Crippen molar-refractivity contribution >= 4 is 23.3 Å². The van der Waals surface area contributed by atoms with Crippen LogP contribution in [0.2, 0.25) is 0 Å². The second-order valence-electron chi connectivity index (χ2n) is 4.51. The molecule has 0 aliphatic rings. The monoisotopic (exact) mass is 280 g/mol. The predicted octanol–water partition coefficient (Wildman–Crippen LogP) is 1.53. The molecule has 20 heavy (non-hydrogen) atoms. The van der Waals surface area contributed by atoms with Crippen molar-refractivity contribution in [1.82, 2.24) is 0 Å². The fourth-order valence-corrected chi connectivity index (χ4v) is 1.79. The number of carbonyl (C=O) groups excluding carboxylic acids is 2. The van der Waals surface area contributed by atoms with Crippen LogP contribution in [0.25, 0.3) is 0 Å². The molecule has 1 amide bonds. The Morgan fingerprint density at radius 1 is 1.05 bits per heavy atom. The van der Waals surface area contributed by atoms with Gasteiger partial charge in [-0.15, -0.1) is 0 Å². The van der Waals surface area contributed by atoms with Gasteiger partial charge in [0.1, 0.15) is 0 Å². The number of hydrogen-bond acceptors (Lipinski definition) is 5. The third kappa shape index (κ3) is 3.01. The Hall–Kier alpha value is -2.24. The van der Waals surface area contributed by atoms with Gasteiger partial charge in [-0.3, -0.25) is 4.79 Å². The molecular weight excluding hydrogens is 260 g/mol. The normalized spacial score (nSPS) is 9.90. The van der Waals surface area contributed by atoms with Crippen molar-refractivity contribution in [2.45, 2.75) is 6.92 Å². The lowest BCUT2D eigenvalue weighted by Gasteiger charge is -2.24. The molecule has 0 radical (unpaired) electrons. The first kappa shape index (κ1) is 15.8. The highest BCUT2D eigenvalue weighted by molar-refractivity contribution is 5.99. The van der Waals surface area contributed by atoms with Crippen LogP contribution in [0.3, 0.4) is 0 Å². The van der Waals surface area contributed by atoms with E-state index in [-0.39, 0.29) is 5.91 Å². The van der Waals surface area contributed by atoms with Gasteiger partial charge in [-0.05, 0) is 12.1 Å². The first-order valence-electron chi connectivity index (χ1n) is 6.05. The van der Waals surface area contributed by atoms with E-state index in [1.807, 2.05) is 19.0 Å². The Morgan fingerprint density at radius 2 is 1.60 bits per heavy atom. The van der Waals surface area contributed by atoms with Gasteiger partial charge in [-0.2, -0.15) is 0 Å². The number of carbonyl (C=O) groups is 2. The largest absolute Gasteiger partial charge is 0.492 e. The molecular formula is C14H20N2O4. The summed E-state index contributed by atoms with van der Waals surface area (Å²) in [4.78, 5) is 26.6. The molecule has 6 nitrogen and oxygen atoms in total. The van der Waals surface area contributed by atoms with E-state index < -0.39 is 5.97 Å². The summed E-state index contributed by atoms with van der Waals surface area (Å²) in [6.07, 6.45) is 0. The smallest absolute Gasteiger partial charge is 0.338 e. The fourth-order valence-electron chi connectivity index (χ4n) is 1.79. The summed E-state index contributed by atoms with van der Waals surface area (Å²) in [7, 11) is 8.13. The SMILES string of the molecule is COC(=O)c1cc(N(C)C)c(OC)c(N(C)C(C)=O)c1. The molecule has 1 rings (SSSR count). The minimum atomic E-state index is -0.464. The number of nitrogens with zero attached hydrogens (tertiary/aromatic N) is 2. The standard InChI is InChI=1S/C14H20N2O4/c1-9(17)16(4)12-8-10(14(18)20-6)7-11(15(2)3)13(12)19-5/h7-8H,1-6H3. The molecule has 110 valence electrons. The Labute approximate surface area is 118 Å². The summed E-state index contributed by atoms with van der Waals surface area (Å²) in [6.45, 7) is 1.44. The minimum Gasteiger partial charge on any atom is -0.492 e. The number of rotatable bonds is 4. The van der Waals surface area contributed by atoms with Gasteiger partial charge >= 0.3 is 5.97 Å². The van der Waals surface area contributed by atoms with Crippen LogP contribution >= 0.6 is 0 Å². The minimum absolute atomic E-state index is 0.157. The van der Waals surface area contributed by atoms with Crippen LogP contribution in [0.4, 0.5) is 11.4 Å². The van der Waals surface area contributed by atoms with E-state index in [2.05, 4.69) is 0 Å². The summed E-state index contributed by atoms with van der Waals surface area (Å²) in [5, 5.41) is 0. The van der Waals surface area contributed by atoms with E-state index in [0.717, 1.165) is 0 Å². The van der Waals surface area contributed by atoms with Crippen LogP contribution in [-0.2, 0) is 9.53 Å². The highest BCUT2D eigenvalue weighted by Gasteiger charge is 2.21. The van der Waals surface area contributed by atoms with Gasteiger partial charge in [-0.25, -0.2) is 4.79 Å². The van der Waals surface area contributed by atoms with Crippen LogP contribution in [0.1, 0.15) is 17.3 Å². The number of esters is 1.